The van der Waals surface area contributed by atoms with Gasteiger partial charge in [0.1, 0.15) is 18.2 Å². The molecule has 1 aliphatic rings. The van der Waals surface area contributed by atoms with Crippen LogP contribution < -0.4 is 15.4 Å². The van der Waals surface area contributed by atoms with E-state index in [2.05, 4.69) is 38.7 Å². The molecular weight excluding hydrogens is 390 g/mol. The Hall–Kier alpha value is -3.06. The summed E-state index contributed by atoms with van der Waals surface area (Å²) in [6.07, 6.45) is 3.90. The molecule has 0 radical (unpaired) electrons. The number of carbonyl (C=O) groups excluding carboxylic acids is 1. The molecule has 0 bridgehead atoms. The zero-order valence-corrected chi connectivity index (χ0v) is 18.4. The fraction of sp³-hybridized carbons (Fsp3) is 0.417. The number of amides is 2. The van der Waals surface area contributed by atoms with Gasteiger partial charge in [0, 0.05) is 25.3 Å². The first-order valence-corrected chi connectivity index (χ1v) is 11.0. The van der Waals surface area contributed by atoms with Crippen molar-refractivity contribution in [3.05, 3.63) is 53.9 Å². The van der Waals surface area contributed by atoms with Gasteiger partial charge in [-0.2, -0.15) is 0 Å². The summed E-state index contributed by atoms with van der Waals surface area (Å²) in [4.78, 5) is 19.5. The Bertz CT molecular complexity index is 1040. The number of hydrogen-bond donors (Lipinski definition) is 2. The van der Waals surface area contributed by atoms with Gasteiger partial charge in [0.25, 0.3) is 0 Å². The van der Waals surface area contributed by atoms with Crippen LogP contribution in [0.2, 0.25) is 0 Å². The van der Waals surface area contributed by atoms with E-state index in [0.717, 1.165) is 42.2 Å². The highest BCUT2D eigenvalue weighted by atomic mass is 16.5. The van der Waals surface area contributed by atoms with Crippen LogP contribution in [-0.2, 0) is 13.6 Å². The number of aryl methyl sites for hydroxylation is 2. The number of hydrogen-bond acceptors (Lipinski definition) is 4. The number of nitrogens with one attached hydrogen (secondary N) is 2. The third-order valence-corrected chi connectivity index (χ3v) is 5.75. The maximum Gasteiger partial charge on any atom is 0.319 e. The van der Waals surface area contributed by atoms with Gasteiger partial charge < -0.3 is 19.9 Å². The van der Waals surface area contributed by atoms with Gasteiger partial charge in [0.05, 0.1) is 17.6 Å². The second kappa shape index (κ2) is 9.83. The molecule has 2 N–H and O–H groups in total. The summed E-state index contributed by atoms with van der Waals surface area (Å²) >= 11 is 0. The van der Waals surface area contributed by atoms with E-state index >= 15 is 0 Å². The van der Waals surface area contributed by atoms with E-state index in [1.807, 2.05) is 42.8 Å². The summed E-state index contributed by atoms with van der Waals surface area (Å²) < 4.78 is 7.90. The highest BCUT2D eigenvalue weighted by Crippen LogP contribution is 2.18. The number of rotatable bonds is 7. The van der Waals surface area contributed by atoms with Crippen LogP contribution in [-0.4, -0.2) is 46.7 Å². The van der Waals surface area contributed by atoms with Crippen molar-refractivity contribution >= 4 is 22.8 Å². The predicted molar refractivity (Wildman–Crippen MR) is 124 cm³/mol. The van der Waals surface area contributed by atoms with Crippen molar-refractivity contribution in [2.75, 3.05) is 31.6 Å². The average molecular weight is 422 g/mol. The van der Waals surface area contributed by atoms with Gasteiger partial charge in [-0.05, 0) is 62.7 Å². The van der Waals surface area contributed by atoms with Crippen LogP contribution in [0.1, 0.15) is 30.7 Å². The lowest BCUT2D eigenvalue weighted by molar-refractivity contribution is 0.183. The molecule has 1 fully saturated rings. The van der Waals surface area contributed by atoms with Crippen LogP contribution in [0.15, 0.2) is 42.5 Å². The summed E-state index contributed by atoms with van der Waals surface area (Å²) in [6, 6.07) is 13.4. The third-order valence-electron chi connectivity index (χ3n) is 5.75. The van der Waals surface area contributed by atoms with Crippen LogP contribution in [0, 0.1) is 6.92 Å². The maximum atomic E-state index is 12.4. The topological polar surface area (TPSA) is 71.4 Å². The molecule has 2 aromatic carbocycles. The minimum Gasteiger partial charge on any atom is -0.492 e. The molecule has 1 aliphatic heterocycles. The molecule has 31 heavy (non-hydrogen) atoms. The van der Waals surface area contributed by atoms with Gasteiger partial charge in [-0.25, -0.2) is 9.78 Å². The Labute approximate surface area is 183 Å². The van der Waals surface area contributed by atoms with Gasteiger partial charge in [0.15, 0.2) is 0 Å². The minimum absolute atomic E-state index is 0.270. The van der Waals surface area contributed by atoms with Gasteiger partial charge in [-0.15, -0.1) is 0 Å². The van der Waals surface area contributed by atoms with E-state index in [1.54, 1.807) is 0 Å². The summed E-state index contributed by atoms with van der Waals surface area (Å²) in [5.41, 5.74) is 3.86. The lowest BCUT2D eigenvalue weighted by Crippen LogP contribution is -2.33. The van der Waals surface area contributed by atoms with Crippen LogP contribution >= 0.6 is 0 Å². The summed E-state index contributed by atoms with van der Waals surface area (Å²) in [5, 5.41) is 5.77. The van der Waals surface area contributed by atoms with Crippen LogP contribution in [0.3, 0.4) is 0 Å². The Morgan fingerprint density at radius 1 is 1.13 bits per heavy atom. The van der Waals surface area contributed by atoms with Crippen molar-refractivity contribution in [3.63, 3.8) is 0 Å². The minimum atomic E-state index is -0.270. The molecule has 7 heteroatoms. The molecule has 2 heterocycles. The summed E-state index contributed by atoms with van der Waals surface area (Å²) in [6.45, 7) is 6.32. The quantitative estimate of drug-likeness (QED) is 0.603. The van der Waals surface area contributed by atoms with E-state index in [1.165, 1.54) is 24.8 Å². The van der Waals surface area contributed by atoms with E-state index in [-0.39, 0.29) is 6.03 Å². The zero-order chi connectivity index (χ0) is 21.6. The molecule has 7 nitrogen and oxygen atoms in total. The van der Waals surface area contributed by atoms with Crippen molar-refractivity contribution in [2.24, 2.45) is 7.05 Å². The number of fused-ring (bicyclic) bond motifs is 1. The number of benzene rings is 2. The predicted octanol–water partition coefficient (Wildman–Crippen LogP) is 4.07. The lowest BCUT2D eigenvalue weighted by atomic mass is 10.1. The highest BCUT2D eigenvalue weighted by molar-refractivity contribution is 5.89. The number of aromatic nitrogens is 2. The molecule has 3 aromatic rings. The number of ether oxygens (including phenoxy) is 1. The Morgan fingerprint density at radius 2 is 1.97 bits per heavy atom. The third kappa shape index (κ3) is 5.55. The summed E-state index contributed by atoms with van der Waals surface area (Å²) in [7, 11) is 1.96. The maximum absolute atomic E-state index is 12.4. The molecule has 0 aliphatic carbocycles. The number of carbonyl (C=O) groups is 1. The largest absolute Gasteiger partial charge is 0.492 e. The molecule has 1 aromatic heterocycles. The second-order valence-electron chi connectivity index (χ2n) is 8.17. The van der Waals surface area contributed by atoms with Crippen LogP contribution in [0.5, 0.6) is 5.75 Å². The first-order chi connectivity index (χ1) is 15.1. The molecule has 1 saturated heterocycles. The van der Waals surface area contributed by atoms with Crippen molar-refractivity contribution in [2.45, 2.75) is 32.7 Å². The van der Waals surface area contributed by atoms with Crippen molar-refractivity contribution < 1.29 is 9.53 Å². The summed E-state index contributed by atoms with van der Waals surface area (Å²) in [5.74, 6) is 1.58. The molecular formula is C24H31N5O2. The smallest absolute Gasteiger partial charge is 0.319 e. The van der Waals surface area contributed by atoms with Crippen LogP contribution in [0.25, 0.3) is 11.0 Å². The Kier molecular flexibility index (Phi) is 6.72. The molecule has 0 unspecified atom stereocenters. The van der Waals surface area contributed by atoms with Gasteiger partial charge in [0.2, 0.25) is 0 Å². The molecule has 164 valence electrons. The molecule has 0 spiro atoms. The van der Waals surface area contributed by atoms with Gasteiger partial charge >= 0.3 is 6.03 Å². The SMILES string of the molecule is Cc1ccc2c(c1)nc(CNC(=O)Nc1cccc(OCCN3CCCCC3)c1)n2C. The number of nitrogens with zero attached hydrogens (tertiary/aromatic N) is 3. The number of likely N-dealkylation sites (tertiary alicyclic amines) is 1. The van der Waals surface area contributed by atoms with Crippen LogP contribution in [0.4, 0.5) is 10.5 Å². The molecule has 2 amide bonds. The number of anilines is 1. The first kappa shape index (κ1) is 21.2. The lowest BCUT2D eigenvalue weighted by Gasteiger charge is -2.26. The standard InChI is InChI=1S/C24H31N5O2/c1-18-9-10-22-21(15-18)27-23(28(22)2)17-25-24(30)26-19-7-6-8-20(16-19)31-14-13-29-11-4-3-5-12-29/h6-10,15-16H,3-5,11-14,17H2,1-2H3,(H2,25,26,30). The highest BCUT2D eigenvalue weighted by Gasteiger charge is 2.11. The van der Waals surface area contributed by atoms with Crippen molar-refractivity contribution in [1.82, 2.24) is 19.8 Å². The fourth-order valence-corrected chi connectivity index (χ4v) is 3.99. The van der Waals surface area contributed by atoms with Gasteiger partial charge in [-0.3, -0.25) is 4.90 Å². The average Bonchev–Trinajstić information content (AvgIpc) is 3.08. The van der Waals surface area contributed by atoms with E-state index < -0.39 is 0 Å². The monoisotopic (exact) mass is 421 g/mol. The fourth-order valence-electron chi connectivity index (χ4n) is 3.99. The van der Waals surface area contributed by atoms with E-state index in [0.29, 0.717) is 18.8 Å². The number of imidazole rings is 1. The molecule has 4 rings (SSSR count). The van der Waals surface area contributed by atoms with Crippen molar-refractivity contribution in [3.8, 4) is 5.75 Å². The Morgan fingerprint density at radius 3 is 2.81 bits per heavy atom. The molecule has 0 atom stereocenters. The van der Waals surface area contributed by atoms with E-state index in [4.69, 9.17) is 4.74 Å². The second-order valence-corrected chi connectivity index (χ2v) is 8.17. The number of urea groups is 1. The van der Waals surface area contributed by atoms with Gasteiger partial charge in [-0.1, -0.05) is 18.6 Å². The molecule has 0 saturated carbocycles. The van der Waals surface area contributed by atoms with E-state index in [9.17, 15) is 4.79 Å². The Balaban J connectivity index is 1.27. The zero-order valence-electron chi connectivity index (χ0n) is 18.4. The first-order valence-electron chi connectivity index (χ1n) is 11.0. The normalized spacial score (nSPS) is 14.5. The number of piperidine rings is 1. The van der Waals surface area contributed by atoms with Crippen molar-refractivity contribution in [1.29, 1.82) is 0 Å².